The number of benzene rings is 2. The number of nitrogens with one attached hydrogen (secondary N) is 1. The van der Waals surface area contributed by atoms with E-state index in [0.29, 0.717) is 10.6 Å². The molecule has 0 radical (unpaired) electrons. The third-order valence-corrected chi connectivity index (χ3v) is 5.00. The first kappa shape index (κ1) is 16.0. The molecule has 0 saturated heterocycles. The highest BCUT2D eigenvalue weighted by Crippen LogP contribution is 2.32. The summed E-state index contributed by atoms with van der Waals surface area (Å²) in [6, 6.07) is 11.4. The highest BCUT2D eigenvalue weighted by Gasteiger charge is 2.24. The Labute approximate surface area is 151 Å². The summed E-state index contributed by atoms with van der Waals surface area (Å²) >= 11 is 6.03. The molecule has 2 aliphatic rings. The van der Waals surface area contributed by atoms with Crippen molar-refractivity contribution in [3.8, 4) is 5.75 Å². The Kier molecular flexibility index (Phi) is 4.14. The minimum Gasteiger partial charge on any atom is -0.488 e. The van der Waals surface area contributed by atoms with Crippen molar-refractivity contribution in [2.75, 3.05) is 12.3 Å². The molecule has 1 atom stereocenters. The predicted molar refractivity (Wildman–Crippen MR) is 99.6 cm³/mol. The molecule has 1 amide bonds. The molecule has 0 aromatic heterocycles. The van der Waals surface area contributed by atoms with Gasteiger partial charge in [-0.1, -0.05) is 17.7 Å². The number of carbonyl (C=O) groups is 1. The number of nitrogen functional groups attached to an aromatic ring is 1. The summed E-state index contributed by atoms with van der Waals surface area (Å²) in [5.41, 5.74) is 10.5. The lowest BCUT2D eigenvalue weighted by Crippen LogP contribution is -2.34. The fourth-order valence-electron chi connectivity index (χ4n) is 3.51. The number of nitrogens with two attached hydrogens (primary N) is 1. The van der Waals surface area contributed by atoms with Crippen molar-refractivity contribution in [3.05, 3.63) is 63.7 Å². The van der Waals surface area contributed by atoms with Gasteiger partial charge in [-0.05, 0) is 66.8 Å². The second-order valence-electron chi connectivity index (χ2n) is 6.52. The smallest absolute Gasteiger partial charge is 0.251 e. The van der Waals surface area contributed by atoms with Crippen LogP contribution in [-0.2, 0) is 11.2 Å². The number of ether oxygens (including phenoxy) is 1. The second kappa shape index (κ2) is 6.45. The molecule has 0 bridgehead atoms. The van der Waals surface area contributed by atoms with Gasteiger partial charge in [0.25, 0.3) is 5.91 Å². The third-order valence-electron chi connectivity index (χ3n) is 4.76. The van der Waals surface area contributed by atoms with Gasteiger partial charge >= 0.3 is 0 Å². The van der Waals surface area contributed by atoms with Crippen molar-refractivity contribution < 1.29 is 9.53 Å². The first-order valence-corrected chi connectivity index (χ1v) is 8.80. The van der Waals surface area contributed by atoms with Crippen LogP contribution < -0.4 is 15.8 Å². The van der Waals surface area contributed by atoms with Crippen molar-refractivity contribution in [1.82, 2.24) is 5.32 Å². The SMILES string of the molecule is Nc1ccc2c(c1)CCCC2NC(=O)C1=Cc2cc(Cl)ccc2OC1. The molecule has 128 valence electrons. The molecule has 1 heterocycles. The number of hydrogen-bond donors (Lipinski definition) is 2. The maximum atomic E-state index is 12.7. The van der Waals surface area contributed by atoms with Crippen molar-refractivity contribution in [1.29, 1.82) is 0 Å². The van der Waals surface area contributed by atoms with Crippen LogP contribution in [0.5, 0.6) is 5.75 Å². The molecule has 0 saturated carbocycles. The number of anilines is 1. The standard InChI is InChI=1S/C20H19ClN2O2/c21-15-4-7-19-13(9-15)8-14(11-25-19)20(24)23-18-3-1-2-12-10-16(22)5-6-17(12)18/h4-10,18H,1-3,11,22H2,(H,23,24). The zero-order valence-corrected chi connectivity index (χ0v) is 14.5. The molecule has 1 unspecified atom stereocenters. The van der Waals surface area contributed by atoms with E-state index in [9.17, 15) is 4.79 Å². The van der Waals surface area contributed by atoms with Crippen molar-refractivity contribution >= 4 is 29.3 Å². The van der Waals surface area contributed by atoms with Crippen LogP contribution >= 0.6 is 11.6 Å². The fourth-order valence-corrected chi connectivity index (χ4v) is 3.70. The Morgan fingerprint density at radius 3 is 3.00 bits per heavy atom. The maximum Gasteiger partial charge on any atom is 0.251 e. The number of fused-ring (bicyclic) bond motifs is 2. The average molecular weight is 355 g/mol. The molecule has 2 aromatic rings. The van der Waals surface area contributed by atoms with E-state index in [1.54, 1.807) is 6.07 Å². The van der Waals surface area contributed by atoms with E-state index in [2.05, 4.69) is 5.32 Å². The van der Waals surface area contributed by atoms with Crippen LogP contribution in [0.1, 0.15) is 35.6 Å². The highest BCUT2D eigenvalue weighted by molar-refractivity contribution is 6.30. The number of halogens is 1. The summed E-state index contributed by atoms with van der Waals surface area (Å²) < 4.78 is 5.68. The van der Waals surface area contributed by atoms with Gasteiger partial charge in [-0.15, -0.1) is 0 Å². The van der Waals surface area contributed by atoms with Gasteiger partial charge in [0.1, 0.15) is 12.4 Å². The summed E-state index contributed by atoms with van der Waals surface area (Å²) in [6.07, 6.45) is 4.83. The summed E-state index contributed by atoms with van der Waals surface area (Å²) in [7, 11) is 0. The molecule has 3 N–H and O–H groups in total. The van der Waals surface area contributed by atoms with Gasteiger partial charge in [-0.25, -0.2) is 0 Å². The van der Waals surface area contributed by atoms with Crippen molar-refractivity contribution in [2.45, 2.75) is 25.3 Å². The van der Waals surface area contributed by atoms with Crippen LogP contribution in [0, 0.1) is 0 Å². The minimum atomic E-state index is -0.0969. The largest absolute Gasteiger partial charge is 0.488 e. The lowest BCUT2D eigenvalue weighted by atomic mass is 9.87. The fraction of sp³-hybridized carbons (Fsp3) is 0.250. The van der Waals surface area contributed by atoms with Crippen LogP contribution in [0.4, 0.5) is 5.69 Å². The van der Waals surface area contributed by atoms with Crippen LogP contribution in [0.25, 0.3) is 6.08 Å². The first-order valence-electron chi connectivity index (χ1n) is 8.42. The topological polar surface area (TPSA) is 64.3 Å². The molecule has 1 aliphatic heterocycles. The number of carbonyl (C=O) groups excluding carboxylic acids is 1. The van der Waals surface area contributed by atoms with E-state index in [-0.39, 0.29) is 18.6 Å². The number of amides is 1. The molecule has 1 aliphatic carbocycles. The normalized spacial score (nSPS) is 18.4. The van der Waals surface area contributed by atoms with E-state index in [1.807, 2.05) is 36.4 Å². The van der Waals surface area contributed by atoms with E-state index in [0.717, 1.165) is 41.8 Å². The van der Waals surface area contributed by atoms with Gasteiger partial charge in [0, 0.05) is 16.3 Å². The minimum absolute atomic E-state index is 0.0125. The number of hydrogen-bond acceptors (Lipinski definition) is 3. The van der Waals surface area contributed by atoms with E-state index in [4.69, 9.17) is 22.1 Å². The average Bonchev–Trinajstić information content (AvgIpc) is 2.61. The van der Waals surface area contributed by atoms with Gasteiger partial charge in [-0.2, -0.15) is 0 Å². The molecule has 5 heteroatoms. The second-order valence-corrected chi connectivity index (χ2v) is 6.95. The van der Waals surface area contributed by atoms with Gasteiger partial charge in [-0.3, -0.25) is 4.79 Å². The van der Waals surface area contributed by atoms with Gasteiger partial charge < -0.3 is 15.8 Å². The maximum absolute atomic E-state index is 12.7. The number of rotatable bonds is 2. The molecule has 0 fully saturated rings. The quantitative estimate of drug-likeness (QED) is 0.804. The van der Waals surface area contributed by atoms with E-state index < -0.39 is 0 Å². The molecular weight excluding hydrogens is 336 g/mol. The lowest BCUT2D eigenvalue weighted by molar-refractivity contribution is -0.118. The molecule has 25 heavy (non-hydrogen) atoms. The Bertz CT molecular complexity index is 876. The van der Waals surface area contributed by atoms with Gasteiger partial charge in [0.05, 0.1) is 11.6 Å². The zero-order valence-electron chi connectivity index (χ0n) is 13.7. The van der Waals surface area contributed by atoms with Crippen LogP contribution in [0.2, 0.25) is 5.02 Å². The monoisotopic (exact) mass is 354 g/mol. The third kappa shape index (κ3) is 3.22. The van der Waals surface area contributed by atoms with Gasteiger partial charge in [0.2, 0.25) is 0 Å². The summed E-state index contributed by atoms with van der Waals surface area (Å²) in [5, 5.41) is 3.77. The molecular formula is C20H19ClN2O2. The van der Waals surface area contributed by atoms with E-state index in [1.165, 1.54) is 5.56 Å². The van der Waals surface area contributed by atoms with Gasteiger partial charge in [0.15, 0.2) is 0 Å². The highest BCUT2D eigenvalue weighted by atomic mass is 35.5. The summed E-state index contributed by atoms with van der Waals surface area (Å²) in [5.74, 6) is 0.653. The van der Waals surface area contributed by atoms with Crippen molar-refractivity contribution in [2.24, 2.45) is 0 Å². The first-order chi connectivity index (χ1) is 12.1. The Morgan fingerprint density at radius 1 is 1.24 bits per heavy atom. The van der Waals surface area contributed by atoms with Crippen LogP contribution in [0.15, 0.2) is 42.0 Å². The molecule has 4 nitrogen and oxygen atoms in total. The number of aryl methyl sites for hydroxylation is 1. The van der Waals surface area contributed by atoms with Crippen LogP contribution in [-0.4, -0.2) is 12.5 Å². The molecule has 4 rings (SSSR count). The Balaban J connectivity index is 1.56. The summed E-state index contributed by atoms with van der Waals surface area (Å²) in [6.45, 7) is 0.266. The Morgan fingerprint density at radius 2 is 2.12 bits per heavy atom. The molecule has 2 aromatic carbocycles. The zero-order chi connectivity index (χ0) is 17.4. The lowest BCUT2D eigenvalue weighted by Gasteiger charge is -2.27. The van der Waals surface area contributed by atoms with Crippen molar-refractivity contribution in [3.63, 3.8) is 0 Å². The predicted octanol–water partition coefficient (Wildman–Crippen LogP) is 3.89. The van der Waals surface area contributed by atoms with E-state index >= 15 is 0 Å². The molecule has 0 spiro atoms. The summed E-state index contributed by atoms with van der Waals surface area (Å²) in [4.78, 5) is 12.7. The van der Waals surface area contributed by atoms with Crippen LogP contribution in [0.3, 0.4) is 0 Å². The Hall–Kier alpha value is -2.46.